The van der Waals surface area contributed by atoms with Gasteiger partial charge in [0.05, 0.1) is 18.6 Å². The average molecular weight is 577 g/mol. The minimum absolute atomic E-state index is 0. The molecular formula is C22H41IN8O2. The van der Waals surface area contributed by atoms with Gasteiger partial charge in [0, 0.05) is 47.3 Å². The maximum Gasteiger partial charge on any atom is 0.230 e. The lowest BCUT2D eigenvalue weighted by Gasteiger charge is -2.31. The summed E-state index contributed by atoms with van der Waals surface area (Å²) in [6.07, 6.45) is 5.05. The van der Waals surface area contributed by atoms with Gasteiger partial charge in [-0.2, -0.15) is 0 Å². The van der Waals surface area contributed by atoms with Crippen molar-refractivity contribution in [2.24, 2.45) is 17.5 Å². The highest BCUT2D eigenvalue weighted by atomic mass is 127. The number of aryl methyl sites for hydroxylation is 1. The Hall–Kier alpha value is -1.47. The molecule has 0 aromatic carbocycles. The Bertz CT molecular complexity index is 770. The molecule has 0 spiro atoms. The molecule has 0 radical (unpaired) electrons. The number of hydrogen-bond acceptors (Lipinski definition) is 6. The fourth-order valence-electron chi connectivity index (χ4n) is 4.49. The third-order valence-electron chi connectivity index (χ3n) is 6.62. The molecule has 33 heavy (non-hydrogen) atoms. The van der Waals surface area contributed by atoms with E-state index < -0.39 is 0 Å². The van der Waals surface area contributed by atoms with Crippen molar-refractivity contribution < 1.29 is 9.53 Å². The molecular weight excluding hydrogens is 535 g/mol. The van der Waals surface area contributed by atoms with E-state index in [-0.39, 0.29) is 35.3 Å². The van der Waals surface area contributed by atoms with Crippen LogP contribution in [-0.2, 0) is 23.1 Å². The Kier molecular flexibility index (Phi) is 11.3. The van der Waals surface area contributed by atoms with E-state index in [1.807, 2.05) is 32.6 Å². The number of ether oxygens (including phenoxy) is 1. The Morgan fingerprint density at radius 1 is 1.18 bits per heavy atom. The van der Waals surface area contributed by atoms with E-state index in [1.54, 1.807) is 4.90 Å². The summed E-state index contributed by atoms with van der Waals surface area (Å²) in [5.41, 5.74) is -0.346. The van der Waals surface area contributed by atoms with Gasteiger partial charge >= 0.3 is 0 Å². The lowest BCUT2D eigenvalue weighted by molar-refractivity contribution is -0.138. The van der Waals surface area contributed by atoms with Gasteiger partial charge in [0.2, 0.25) is 5.91 Å². The molecule has 2 heterocycles. The largest absolute Gasteiger partial charge is 0.379 e. The molecule has 1 aromatic heterocycles. The summed E-state index contributed by atoms with van der Waals surface area (Å²) in [6, 6.07) is 0. The number of aliphatic imine (C=N–C) groups is 1. The number of nitrogens with one attached hydrogen (secondary N) is 2. The number of carbonyl (C=O) groups is 1. The van der Waals surface area contributed by atoms with Gasteiger partial charge < -0.3 is 24.8 Å². The molecule has 188 valence electrons. The number of halogens is 1. The van der Waals surface area contributed by atoms with Crippen LogP contribution in [0.5, 0.6) is 0 Å². The van der Waals surface area contributed by atoms with Gasteiger partial charge in [0.25, 0.3) is 0 Å². The van der Waals surface area contributed by atoms with Crippen molar-refractivity contribution in [2.45, 2.75) is 45.6 Å². The summed E-state index contributed by atoms with van der Waals surface area (Å²) >= 11 is 0. The molecule has 11 heteroatoms. The quantitative estimate of drug-likeness (QED) is 0.197. The second-order valence-corrected chi connectivity index (χ2v) is 9.16. The van der Waals surface area contributed by atoms with Gasteiger partial charge in [-0.1, -0.05) is 12.8 Å². The predicted molar refractivity (Wildman–Crippen MR) is 140 cm³/mol. The molecule has 0 unspecified atom stereocenters. The molecule has 2 fully saturated rings. The van der Waals surface area contributed by atoms with Crippen LogP contribution < -0.4 is 10.6 Å². The van der Waals surface area contributed by atoms with Gasteiger partial charge in [0.1, 0.15) is 12.4 Å². The molecule has 2 N–H and O–H groups in total. The Morgan fingerprint density at radius 3 is 2.48 bits per heavy atom. The minimum Gasteiger partial charge on any atom is -0.379 e. The van der Waals surface area contributed by atoms with Gasteiger partial charge in [0.15, 0.2) is 11.8 Å². The normalized spacial score (nSPS) is 18.6. The number of aromatic nitrogens is 3. The van der Waals surface area contributed by atoms with Gasteiger partial charge in [-0.3, -0.25) is 9.69 Å². The van der Waals surface area contributed by atoms with Crippen molar-refractivity contribution in [2.75, 3.05) is 60.0 Å². The number of carbonyl (C=O) groups excluding carboxylic acids is 1. The third-order valence-corrected chi connectivity index (χ3v) is 6.62. The van der Waals surface area contributed by atoms with Crippen molar-refractivity contribution in [3.8, 4) is 0 Å². The first-order valence-corrected chi connectivity index (χ1v) is 11.8. The van der Waals surface area contributed by atoms with Gasteiger partial charge in [-0.25, -0.2) is 4.99 Å². The number of rotatable bonds is 9. The van der Waals surface area contributed by atoms with Crippen molar-refractivity contribution in [3.63, 3.8) is 0 Å². The van der Waals surface area contributed by atoms with E-state index in [9.17, 15) is 4.79 Å². The fourth-order valence-corrected chi connectivity index (χ4v) is 4.49. The summed E-state index contributed by atoms with van der Waals surface area (Å²) in [5, 5.41) is 15.3. The highest BCUT2D eigenvalue weighted by Gasteiger charge is 2.42. The molecule has 2 aliphatic rings. The minimum atomic E-state index is -0.346. The molecule has 10 nitrogen and oxygen atoms in total. The zero-order chi connectivity index (χ0) is 23.0. The van der Waals surface area contributed by atoms with Crippen LogP contribution in [0.25, 0.3) is 0 Å². The van der Waals surface area contributed by atoms with Crippen LogP contribution in [0.15, 0.2) is 4.99 Å². The molecule has 1 aliphatic heterocycles. The number of guanidine groups is 1. The molecule has 1 amide bonds. The van der Waals surface area contributed by atoms with Gasteiger partial charge in [-0.15, -0.1) is 34.2 Å². The number of morpholine rings is 1. The van der Waals surface area contributed by atoms with Crippen LogP contribution in [0.2, 0.25) is 0 Å². The van der Waals surface area contributed by atoms with Crippen LogP contribution >= 0.6 is 24.0 Å². The Labute approximate surface area is 214 Å². The zero-order valence-corrected chi connectivity index (χ0v) is 22.9. The number of hydrogen-bond donors (Lipinski definition) is 2. The second kappa shape index (κ2) is 13.4. The van der Waals surface area contributed by atoms with E-state index in [2.05, 4.69) is 25.7 Å². The highest BCUT2D eigenvalue weighted by molar-refractivity contribution is 14.0. The SMILES string of the molecule is Cc1nnc(CN=C(NCCCN2CCOCC2)NCC2(C(=O)N(C)C)CCCC2)n1C.I. The topological polar surface area (TPSA) is 99.9 Å². The monoisotopic (exact) mass is 576 g/mol. The first kappa shape index (κ1) is 27.8. The summed E-state index contributed by atoms with van der Waals surface area (Å²) in [7, 11) is 5.64. The average Bonchev–Trinajstić information content (AvgIpc) is 3.40. The summed E-state index contributed by atoms with van der Waals surface area (Å²) in [4.78, 5) is 21.8. The first-order valence-electron chi connectivity index (χ1n) is 11.8. The van der Waals surface area contributed by atoms with Crippen LogP contribution in [0.3, 0.4) is 0 Å². The lowest BCUT2D eigenvalue weighted by atomic mass is 9.84. The van der Waals surface area contributed by atoms with E-state index in [1.165, 1.54) is 0 Å². The van der Waals surface area contributed by atoms with Crippen molar-refractivity contribution in [3.05, 3.63) is 11.6 Å². The number of nitrogens with zero attached hydrogens (tertiary/aromatic N) is 6. The molecule has 1 saturated heterocycles. The van der Waals surface area contributed by atoms with E-state index in [0.717, 1.165) is 89.1 Å². The third kappa shape index (κ3) is 7.78. The zero-order valence-electron chi connectivity index (χ0n) is 20.6. The molecule has 0 bridgehead atoms. The smallest absolute Gasteiger partial charge is 0.230 e. The Morgan fingerprint density at radius 2 is 1.88 bits per heavy atom. The summed E-state index contributed by atoms with van der Waals surface area (Å²) in [5.74, 6) is 2.62. The van der Waals surface area contributed by atoms with Crippen LogP contribution in [0, 0.1) is 12.3 Å². The first-order chi connectivity index (χ1) is 15.4. The molecule has 0 atom stereocenters. The maximum atomic E-state index is 12.9. The summed E-state index contributed by atoms with van der Waals surface area (Å²) < 4.78 is 7.38. The fraction of sp³-hybridized carbons (Fsp3) is 0.818. The molecule has 1 saturated carbocycles. The lowest BCUT2D eigenvalue weighted by Crippen LogP contribution is -2.49. The predicted octanol–water partition coefficient (Wildman–Crippen LogP) is 1.15. The van der Waals surface area contributed by atoms with Crippen LogP contribution in [0.1, 0.15) is 43.8 Å². The molecule has 3 rings (SSSR count). The number of amides is 1. The van der Waals surface area contributed by atoms with E-state index in [0.29, 0.717) is 13.1 Å². The van der Waals surface area contributed by atoms with Crippen LogP contribution in [0.4, 0.5) is 0 Å². The van der Waals surface area contributed by atoms with Gasteiger partial charge in [-0.05, 0) is 32.7 Å². The molecule has 1 aromatic rings. The molecule has 1 aliphatic carbocycles. The van der Waals surface area contributed by atoms with Crippen molar-refractivity contribution in [1.29, 1.82) is 0 Å². The highest BCUT2D eigenvalue weighted by Crippen LogP contribution is 2.38. The standard InChI is InChI=1S/C22H40N8O2.HI/c1-18-26-27-19(29(18)4)16-24-21(23-10-7-11-30-12-14-32-15-13-30)25-17-22(8-5-6-9-22)20(31)28(2)3;/h5-17H2,1-4H3,(H2,23,24,25);1H. The van der Waals surface area contributed by atoms with Crippen LogP contribution in [-0.4, -0.2) is 96.5 Å². The van der Waals surface area contributed by atoms with Crippen molar-refractivity contribution in [1.82, 2.24) is 35.2 Å². The second-order valence-electron chi connectivity index (χ2n) is 9.16. The summed E-state index contributed by atoms with van der Waals surface area (Å²) in [6.45, 7) is 8.45. The van der Waals surface area contributed by atoms with E-state index in [4.69, 9.17) is 9.73 Å². The van der Waals surface area contributed by atoms with E-state index >= 15 is 0 Å². The van der Waals surface area contributed by atoms with Crippen molar-refractivity contribution >= 4 is 35.8 Å². The maximum absolute atomic E-state index is 12.9. The Balaban J connectivity index is 0.00000385.